The molecule has 1 aliphatic rings. The van der Waals surface area contributed by atoms with Crippen LogP contribution in [0.15, 0.2) is 0 Å². The molecule has 1 aliphatic heterocycles. The SMILES string of the molecule is COC(=O)C1NC(C)CC1C. The second kappa shape index (κ2) is 3.22. The van der Waals surface area contributed by atoms with Crippen molar-refractivity contribution in [3.05, 3.63) is 0 Å². The Morgan fingerprint density at radius 1 is 1.55 bits per heavy atom. The quantitative estimate of drug-likeness (QED) is 0.565. The van der Waals surface area contributed by atoms with Gasteiger partial charge in [-0.2, -0.15) is 0 Å². The number of rotatable bonds is 1. The van der Waals surface area contributed by atoms with Gasteiger partial charge in [-0.05, 0) is 19.3 Å². The van der Waals surface area contributed by atoms with Crippen molar-refractivity contribution in [2.45, 2.75) is 32.4 Å². The van der Waals surface area contributed by atoms with Crippen LogP contribution in [0, 0.1) is 5.92 Å². The standard InChI is InChI=1S/C8H15NO2/c1-5-4-6(2)9-7(5)8(10)11-3/h5-7,9H,4H2,1-3H3. The van der Waals surface area contributed by atoms with Crippen LogP contribution in [0.5, 0.6) is 0 Å². The molecule has 0 amide bonds. The second-order valence-electron chi connectivity index (χ2n) is 3.28. The highest BCUT2D eigenvalue weighted by molar-refractivity contribution is 5.76. The number of hydrogen-bond donors (Lipinski definition) is 1. The Hall–Kier alpha value is -0.570. The van der Waals surface area contributed by atoms with E-state index in [4.69, 9.17) is 0 Å². The lowest BCUT2D eigenvalue weighted by Crippen LogP contribution is -2.37. The van der Waals surface area contributed by atoms with E-state index >= 15 is 0 Å². The Labute approximate surface area is 67.1 Å². The molecule has 1 N–H and O–H groups in total. The summed E-state index contributed by atoms with van der Waals surface area (Å²) in [5.74, 6) is 0.263. The van der Waals surface area contributed by atoms with Crippen LogP contribution < -0.4 is 5.32 Å². The van der Waals surface area contributed by atoms with E-state index in [0.29, 0.717) is 12.0 Å². The van der Waals surface area contributed by atoms with Crippen molar-refractivity contribution in [2.24, 2.45) is 5.92 Å². The van der Waals surface area contributed by atoms with Crippen molar-refractivity contribution in [3.8, 4) is 0 Å². The highest BCUT2D eigenvalue weighted by Crippen LogP contribution is 2.19. The van der Waals surface area contributed by atoms with Gasteiger partial charge >= 0.3 is 5.97 Å². The zero-order chi connectivity index (χ0) is 8.43. The maximum atomic E-state index is 11.1. The van der Waals surface area contributed by atoms with Crippen molar-refractivity contribution in [1.82, 2.24) is 5.32 Å². The summed E-state index contributed by atoms with van der Waals surface area (Å²) in [7, 11) is 1.43. The molecule has 0 radical (unpaired) electrons. The minimum atomic E-state index is -0.137. The first-order chi connectivity index (χ1) is 5.15. The first-order valence-electron chi connectivity index (χ1n) is 3.99. The first kappa shape index (κ1) is 8.53. The Balaban J connectivity index is 2.52. The number of carbonyl (C=O) groups excluding carboxylic acids is 1. The van der Waals surface area contributed by atoms with Crippen molar-refractivity contribution < 1.29 is 9.53 Å². The van der Waals surface area contributed by atoms with Gasteiger partial charge in [0.25, 0.3) is 0 Å². The molecule has 1 heterocycles. The van der Waals surface area contributed by atoms with Gasteiger partial charge in [-0.1, -0.05) is 6.92 Å². The van der Waals surface area contributed by atoms with Crippen LogP contribution in [0.25, 0.3) is 0 Å². The molecule has 3 nitrogen and oxygen atoms in total. The van der Waals surface area contributed by atoms with Crippen molar-refractivity contribution in [2.75, 3.05) is 7.11 Å². The molecular weight excluding hydrogens is 142 g/mol. The summed E-state index contributed by atoms with van der Waals surface area (Å²) in [6.45, 7) is 4.15. The number of esters is 1. The third-order valence-corrected chi connectivity index (χ3v) is 2.21. The Morgan fingerprint density at radius 3 is 2.55 bits per heavy atom. The number of carbonyl (C=O) groups is 1. The molecule has 1 fully saturated rings. The number of methoxy groups -OCH3 is 1. The van der Waals surface area contributed by atoms with Gasteiger partial charge in [0, 0.05) is 6.04 Å². The summed E-state index contributed by atoms with van der Waals surface area (Å²) in [4.78, 5) is 11.1. The van der Waals surface area contributed by atoms with Gasteiger partial charge in [0.1, 0.15) is 6.04 Å². The minimum absolute atomic E-state index is 0.0880. The summed E-state index contributed by atoms with van der Waals surface area (Å²) in [5, 5.41) is 3.18. The van der Waals surface area contributed by atoms with E-state index in [1.165, 1.54) is 7.11 Å². The Bertz CT molecular complexity index is 158. The molecule has 3 unspecified atom stereocenters. The van der Waals surface area contributed by atoms with Crippen LogP contribution in [-0.2, 0) is 9.53 Å². The van der Waals surface area contributed by atoms with Crippen molar-refractivity contribution in [3.63, 3.8) is 0 Å². The molecule has 3 atom stereocenters. The van der Waals surface area contributed by atoms with Crippen LogP contribution in [-0.4, -0.2) is 25.2 Å². The van der Waals surface area contributed by atoms with Gasteiger partial charge in [0.2, 0.25) is 0 Å². The molecule has 0 aromatic carbocycles. The van der Waals surface area contributed by atoms with E-state index in [1.807, 2.05) is 0 Å². The van der Waals surface area contributed by atoms with Crippen LogP contribution in [0.2, 0.25) is 0 Å². The fourth-order valence-corrected chi connectivity index (χ4v) is 1.66. The molecule has 3 heteroatoms. The largest absolute Gasteiger partial charge is 0.468 e. The molecule has 11 heavy (non-hydrogen) atoms. The molecule has 0 saturated carbocycles. The van der Waals surface area contributed by atoms with E-state index in [0.717, 1.165) is 6.42 Å². The number of hydrogen-bond acceptors (Lipinski definition) is 3. The smallest absolute Gasteiger partial charge is 0.323 e. The fraction of sp³-hybridized carbons (Fsp3) is 0.875. The molecule has 1 rings (SSSR count). The van der Waals surface area contributed by atoms with E-state index in [1.54, 1.807) is 0 Å². The maximum absolute atomic E-state index is 11.1. The van der Waals surface area contributed by atoms with E-state index in [-0.39, 0.29) is 12.0 Å². The highest BCUT2D eigenvalue weighted by Gasteiger charge is 2.33. The normalized spacial score (nSPS) is 37.2. The average Bonchev–Trinajstić information content (AvgIpc) is 2.28. The average molecular weight is 157 g/mol. The Kier molecular flexibility index (Phi) is 2.49. The van der Waals surface area contributed by atoms with Gasteiger partial charge in [0.15, 0.2) is 0 Å². The zero-order valence-electron chi connectivity index (χ0n) is 7.26. The monoisotopic (exact) mass is 157 g/mol. The topological polar surface area (TPSA) is 38.3 Å². The highest BCUT2D eigenvalue weighted by atomic mass is 16.5. The van der Waals surface area contributed by atoms with Gasteiger partial charge in [0.05, 0.1) is 7.11 Å². The molecule has 64 valence electrons. The molecule has 0 aromatic heterocycles. The van der Waals surface area contributed by atoms with Gasteiger partial charge < -0.3 is 10.1 Å². The van der Waals surface area contributed by atoms with Crippen LogP contribution in [0.4, 0.5) is 0 Å². The minimum Gasteiger partial charge on any atom is -0.468 e. The molecule has 0 spiro atoms. The van der Waals surface area contributed by atoms with Crippen LogP contribution >= 0.6 is 0 Å². The molecule has 0 aliphatic carbocycles. The van der Waals surface area contributed by atoms with Gasteiger partial charge in [-0.15, -0.1) is 0 Å². The van der Waals surface area contributed by atoms with E-state index < -0.39 is 0 Å². The fourth-order valence-electron chi connectivity index (χ4n) is 1.66. The number of nitrogens with one attached hydrogen (secondary N) is 1. The molecule has 0 bridgehead atoms. The predicted molar refractivity (Wildman–Crippen MR) is 42.2 cm³/mol. The lowest BCUT2D eigenvalue weighted by atomic mass is 10.0. The summed E-state index contributed by atoms with van der Waals surface area (Å²) >= 11 is 0. The van der Waals surface area contributed by atoms with Gasteiger partial charge in [-0.25, -0.2) is 0 Å². The summed E-state index contributed by atoms with van der Waals surface area (Å²) in [6, 6.07) is 0.351. The molecular formula is C8H15NO2. The number of ether oxygens (including phenoxy) is 1. The van der Waals surface area contributed by atoms with Gasteiger partial charge in [-0.3, -0.25) is 4.79 Å². The summed E-state index contributed by atoms with van der Waals surface area (Å²) in [6.07, 6.45) is 1.06. The maximum Gasteiger partial charge on any atom is 0.323 e. The lowest BCUT2D eigenvalue weighted by molar-refractivity contribution is -0.143. The second-order valence-corrected chi connectivity index (χ2v) is 3.28. The summed E-state index contributed by atoms with van der Waals surface area (Å²) in [5.41, 5.74) is 0. The molecule has 1 saturated heterocycles. The van der Waals surface area contributed by atoms with E-state index in [2.05, 4.69) is 23.9 Å². The van der Waals surface area contributed by atoms with Crippen LogP contribution in [0.1, 0.15) is 20.3 Å². The predicted octanol–water partition coefficient (Wildman–Crippen LogP) is 0.546. The van der Waals surface area contributed by atoms with Crippen LogP contribution in [0.3, 0.4) is 0 Å². The first-order valence-corrected chi connectivity index (χ1v) is 3.99. The summed E-state index contributed by atoms with van der Waals surface area (Å²) < 4.78 is 4.65. The zero-order valence-corrected chi connectivity index (χ0v) is 7.26. The molecule has 0 aromatic rings. The van der Waals surface area contributed by atoms with Crippen molar-refractivity contribution >= 4 is 5.97 Å². The third kappa shape index (κ3) is 1.71. The van der Waals surface area contributed by atoms with E-state index in [9.17, 15) is 4.79 Å². The van der Waals surface area contributed by atoms with Crippen molar-refractivity contribution in [1.29, 1.82) is 0 Å². The lowest BCUT2D eigenvalue weighted by Gasteiger charge is -2.11. The Morgan fingerprint density at radius 2 is 2.18 bits per heavy atom. The third-order valence-electron chi connectivity index (χ3n) is 2.21.